The largest absolute Gasteiger partial charge is 0.573 e. The van der Waals surface area contributed by atoms with Crippen LogP contribution in [0.15, 0.2) is 39.7 Å². The highest BCUT2D eigenvalue weighted by Gasteiger charge is 2.34. The number of sulfonamides is 1. The molecule has 0 saturated heterocycles. The average Bonchev–Trinajstić information content (AvgIpc) is 2.76. The fourth-order valence-corrected chi connectivity index (χ4v) is 5.31. The minimum Gasteiger partial charge on any atom is -0.493 e. The van der Waals surface area contributed by atoms with E-state index in [4.69, 9.17) is 9.47 Å². The molecule has 1 heterocycles. The van der Waals surface area contributed by atoms with Gasteiger partial charge in [-0.1, -0.05) is 15.9 Å². The average molecular weight is 567 g/mol. The van der Waals surface area contributed by atoms with Gasteiger partial charge in [0.25, 0.3) is 0 Å². The van der Waals surface area contributed by atoms with Crippen molar-refractivity contribution in [3.05, 3.63) is 45.9 Å². The van der Waals surface area contributed by atoms with Crippen molar-refractivity contribution in [3.63, 3.8) is 0 Å². The second-order valence-corrected chi connectivity index (χ2v) is 10.4. The van der Waals surface area contributed by atoms with Gasteiger partial charge in [0.05, 0.1) is 14.2 Å². The first-order chi connectivity index (χ1) is 16.0. The Labute approximate surface area is 205 Å². The van der Waals surface area contributed by atoms with E-state index in [0.29, 0.717) is 17.9 Å². The zero-order valence-corrected chi connectivity index (χ0v) is 21.1. The molecule has 0 unspecified atom stereocenters. The Bertz CT molecular complexity index is 1110. The molecule has 0 bridgehead atoms. The second-order valence-electron chi connectivity index (χ2n) is 7.75. The lowest BCUT2D eigenvalue weighted by molar-refractivity contribution is -0.275. The number of alkyl halides is 3. The summed E-state index contributed by atoms with van der Waals surface area (Å²) in [5.74, 6) is 0.601. The van der Waals surface area contributed by atoms with Gasteiger partial charge in [0.15, 0.2) is 17.2 Å². The van der Waals surface area contributed by atoms with Gasteiger partial charge in [-0.15, -0.1) is 13.2 Å². The number of ether oxygens (including phenoxy) is 3. The van der Waals surface area contributed by atoms with Crippen LogP contribution in [0.5, 0.6) is 17.2 Å². The zero-order chi connectivity index (χ0) is 24.9. The molecule has 0 aliphatic carbocycles. The van der Waals surface area contributed by atoms with Crippen molar-refractivity contribution < 1.29 is 35.8 Å². The maximum absolute atomic E-state index is 12.7. The monoisotopic (exact) mass is 566 g/mol. The Kier molecular flexibility index (Phi) is 8.72. The molecule has 12 heteroatoms. The van der Waals surface area contributed by atoms with Crippen LogP contribution in [0, 0.1) is 0 Å². The standard InChI is InChI=1S/C22H26BrF3N2O5S/c1-31-18-11-15-7-10-28(14-16(15)12-19(18)32-2)9-4-3-8-27-34(29,30)21-6-5-17(23)13-20(21)33-22(24,25)26/h5-6,11-13,27H,3-4,7-10,14H2,1-2H3. The third-order valence-electron chi connectivity index (χ3n) is 5.41. The van der Waals surface area contributed by atoms with Crippen LogP contribution in [0.1, 0.15) is 24.0 Å². The first-order valence-electron chi connectivity index (χ1n) is 10.5. The van der Waals surface area contributed by atoms with Crippen molar-refractivity contribution in [2.24, 2.45) is 0 Å². The molecule has 1 N–H and O–H groups in total. The Morgan fingerprint density at radius 3 is 2.35 bits per heavy atom. The van der Waals surface area contributed by atoms with E-state index in [2.05, 4.69) is 30.3 Å². The summed E-state index contributed by atoms with van der Waals surface area (Å²) in [6.07, 6.45) is -2.89. The summed E-state index contributed by atoms with van der Waals surface area (Å²) in [5, 5.41) is 0. The highest BCUT2D eigenvalue weighted by atomic mass is 79.9. The van der Waals surface area contributed by atoms with Gasteiger partial charge >= 0.3 is 6.36 Å². The van der Waals surface area contributed by atoms with Gasteiger partial charge in [0.1, 0.15) is 4.90 Å². The number of nitrogens with zero attached hydrogens (tertiary/aromatic N) is 1. The molecule has 0 saturated carbocycles. The van der Waals surface area contributed by atoms with Crippen LogP contribution >= 0.6 is 15.9 Å². The van der Waals surface area contributed by atoms with E-state index in [0.717, 1.165) is 50.2 Å². The minimum absolute atomic E-state index is 0.0965. The number of fused-ring (bicyclic) bond motifs is 1. The highest BCUT2D eigenvalue weighted by molar-refractivity contribution is 9.10. The molecular formula is C22H26BrF3N2O5S. The molecule has 188 valence electrons. The van der Waals surface area contributed by atoms with E-state index < -0.39 is 27.0 Å². The van der Waals surface area contributed by atoms with Crippen molar-refractivity contribution in [2.75, 3.05) is 33.9 Å². The molecule has 1 aliphatic heterocycles. The minimum atomic E-state index is -5.01. The molecule has 2 aromatic rings. The van der Waals surface area contributed by atoms with Gasteiger partial charge in [-0.2, -0.15) is 0 Å². The van der Waals surface area contributed by atoms with Crippen LogP contribution in [0.25, 0.3) is 0 Å². The van der Waals surface area contributed by atoms with E-state index in [9.17, 15) is 21.6 Å². The first-order valence-corrected chi connectivity index (χ1v) is 12.8. The van der Waals surface area contributed by atoms with Crippen molar-refractivity contribution in [3.8, 4) is 17.2 Å². The van der Waals surface area contributed by atoms with E-state index in [-0.39, 0.29) is 11.0 Å². The number of nitrogens with one attached hydrogen (secondary N) is 1. The molecule has 0 radical (unpaired) electrons. The number of hydrogen-bond donors (Lipinski definition) is 1. The fourth-order valence-electron chi connectivity index (χ4n) is 3.79. The molecule has 2 aromatic carbocycles. The quantitative estimate of drug-likeness (QED) is 0.427. The third kappa shape index (κ3) is 7.00. The van der Waals surface area contributed by atoms with E-state index in [1.165, 1.54) is 11.6 Å². The summed E-state index contributed by atoms with van der Waals surface area (Å²) in [4.78, 5) is 1.71. The summed E-state index contributed by atoms with van der Waals surface area (Å²) in [6.45, 7) is 2.47. The Morgan fingerprint density at radius 2 is 1.71 bits per heavy atom. The van der Waals surface area contributed by atoms with Crippen molar-refractivity contribution in [1.82, 2.24) is 9.62 Å². The summed E-state index contributed by atoms with van der Waals surface area (Å²) < 4.78 is 80.4. The van der Waals surface area contributed by atoms with Gasteiger partial charge < -0.3 is 14.2 Å². The summed E-state index contributed by atoms with van der Waals surface area (Å²) in [5.41, 5.74) is 2.38. The lowest BCUT2D eigenvalue weighted by atomic mass is 9.98. The topological polar surface area (TPSA) is 77.1 Å². The molecule has 0 aromatic heterocycles. The number of hydrogen-bond acceptors (Lipinski definition) is 6. The maximum Gasteiger partial charge on any atom is 0.573 e. The van der Waals surface area contributed by atoms with Crippen LogP contribution in [0.3, 0.4) is 0 Å². The van der Waals surface area contributed by atoms with E-state index in [1.54, 1.807) is 14.2 Å². The normalized spacial score (nSPS) is 14.5. The number of unbranched alkanes of at least 4 members (excludes halogenated alkanes) is 1. The third-order valence-corrected chi connectivity index (χ3v) is 7.40. The van der Waals surface area contributed by atoms with Crippen LogP contribution < -0.4 is 18.9 Å². The van der Waals surface area contributed by atoms with Crippen molar-refractivity contribution in [1.29, 1.82) is 0 Å². The predicted molar refractivity (Wildman–Crippen MR) is 124 cm³/mol. The molecule has 1 aliphatic rings. The van der Waals surface area contributed by atoms with Crippen LogP contribution in [0.2, 0.25) is 0 Å². The SMILES string of the molecule is COc1cc2c(cc1OC)CN(CCCCNS(=O)(=O)c1ccc(Br)cc1OC(F)(F)F)CC2. The molecule has 0 atom stereocenters. The van der Waals surface area contributed by atoms with Gasteiger partial charge in [-0.3, -0.25) is 4.90 Å². The van der Waals surface area contributed by atoms with Crippen molar-refractivity contribution in [2.45, 2.75) is 37.1 Å². The fraction of sp³-hybridized carbons (Fsp3) is 0.455. The Morgan fingerprint density at radius 1 is 1.03 bits per heavy atom. The van der Waals surface area contributed by atoms with Crippen molar-refractivity contribution >= 4 is 26.0 Å². The summed E-state index contributed by atoms with van der Waals surface area (Å²) in [7, 11) is -0.974. The van der Waals surface area contributed by atoms with Gasteiger partial charge in [0, 0.05) is 24.1 Å². The summed E-state index contributed by atoms with van der Waals surface area (Å²) in [6, 6.07) is 7.37. The van der Waals surface area contributed by atoms with Crippen LogP contribution in [-0.4, -0.2) is 53.5 Å². The summed E-state index contributed by atoms with van der Waals surface area (Å²) >= 11 is 3.03. The first kappa shape index (κ1) is 26.6. The van der Waals surface area contributed by atoms with Crippen LogP contribution in [0.4, 0.5) is 13.2 Å². The molecular weight excluding hydrogens is 541 g/mol. The lowest BCUT2D eigenvalue weighted by Crippen LogP contribution is -2.32. The molecule has 0 amide bonds. The van der Waals surface area contributed by atoms with Crippen LogP contribution in [-0.2, 0) is 23.0 Å². The van der Waals surface area contributed by atoms with E-state index >= 15 is 0 Å². The zero-order valence-electron chi connectivity index (χ0n) is 18.7. The van der Waals surface area contributed by atoms with E-state index in [1.807, 2.05) is 12.1 Å². The Hall–Kier alpha value is -2.02. The number of halogens is 4. The molecule has 34 heavy (non-hydrogen) atoms. The predicted octanol–water partition coefficient (Wildman–Crippen LogP) is 4.48. The number of benzene rings is 2. The molecule has 0 fully saturated rings. The highest BCUT2D eigenvalue weighted by Crippen LogP contribution is 2.34. The number of rotatable bonds is 10. The van der Waals surface area contributed by atoms with Gasteiger partial charge in [-0.05, 0) is 67.3 Å². The second kappa shape index (κ2) is 11.1. The smallest absolute Gasteiger partial charge is 0.493 e. The van der Waals surface area contributed by atoms with Gasteiger partial charge in [0.2, 0.25) is 10.0 Å². The van der Waals surface area contributed by atoms with Gasteiger partial charge in [-0.25, -0.2) is 13.1 Å². The molecule has 3 rings (SSSR count). The lowest BCUT2D eigenvalue weighted by Gasteiger charge is -2.29. The maximum atomic E-state index is 12.7. The molecule has 7 nitrogen and oxygen atoms in total. The number of methoxy groups -OCH3 is 2. The molecule has 0 spiro atoms. The Balaban J connectivity index is 1.52.